The van der Waals surface area contributed by atoms with E-state index in [1.807, 2.05) is 0 Å². The number of amides is 1. The minimum absolute atomic E-state index is 0.0331. The molecule has 0 spiro atoms. The number of nitrogens with zero attached hydrogens (tertiary/aromatic N) is 2. The normalized spacial score (nSPS) is 12.4. The standard InChI is InChI=1S/C28H30ClN3O7/c1-15-8-7-9-21(29)23(15)25(34)30-22(27(36)39-18(4)38-17(3)33)14-19-10-12-20(13-11-19)24-16(2)31(5)28(37)32(6)26(24)35/h7-13,18,22H,14H2,1-6H3,(H,30,34). The molecular formula is C28H30ClN3O7. The molecule has 3 aromatic rings. The first-order valence-corrected chi connectivity index (χ1v) is 12.5. The number of aryl methyl sites for hydroxylation is 1. The minimum Gasteiger partial charge on any atom is -0.426 e. The molecule has 2 unspecified atom stereocenters. The van der Waals surface area contributed by atoms with Gasteiger partial charge in [-0.25, -0.2) is 9.59 Å². The van der Waals surface area contributed by atoms with Gasteiger partial charge >= 0.3 is 17.6 Å². The summed E-state index contributed by atoms with van der Waals surface area (Å²) in [5.41, 5.74) is 2.12. The summed E-state index contributed by atoms with van der Waals surface area (Å²) in [7, 11) is 3.00. The van der Waals surface area contributed by atoms with Gasteiger partial charge in [0.25, 0.3) is 11.5 Å². The third-order valence-corrected chi connectivity index (χ3v) is 6.61. The van der Waals surface area contributed by atoms with Crippen molar-refractivity contribution in [2.24, 2.45) is 14.1 Å². The number of rotatable bonds is 8. The Morgan fingerprint density at radius 3 is 2.21 bits per heavy atom. The minimum atomic E-state index is -1.16. The number of carbonyl (C=O) groups is 3. The van der Waals surface area contributed by atoms with Crippen molar-refractivity contribution < 1.29 is 23.9 Å². The van der Waals surface area contributed by atoms with E-state index in [0.29, 0.717) is 27.9 Å². The van der Waals surface area contributed by atoms with Crippen LogP contribution in [0.15, 0.2) is 52.1 Å². The molecule has 0 saturated heterocycles. The number of ether oxygens (including phenoxy) is 2. The summed E-state index contributed by atoms with van der Waals surface area (Å²) in [6.07, 6.45) is -1.13. The highest BCUT2D eigenvalue weighted by Crippen LogP contribution is 2.22. The summed E-state index contributed by atoms with van der Waals surface area (Å²) in [5.74, 6) is -2.01. The van der Waals surface area contributed by atoms with Gasteiger partial charge in [-0.3, -0.25) is 19.0 Å². The monoisotopic (exact) mass is 555 g/mol. The van der Waals surface area contributed by atoms with Crippen molar-refractivity contribution in [2.45, 2.75) is 46.4 Å². The second kappa shape index (κ2) is 12.1. The lowest BCUT2D eigenvalue weighted by Crippen LogP contribution is -2.44. The molecule has 0 aliphatic rings. The van der Waals surface area contributed by atoms with Crippen LogP contribution in [0, 0.1) is 13.8 Å². The zero-order valence-corrected chi connectivity index (χ0v) is 23.3. The highest BCUT2D eigenvalue weighted by molar-refractivity contribution is 6.34. The van der Waals surface area contributed by atoms with Gasteiger partial charge in [0.2, 0.25) is 6.29 Å². The van der Waals surface area contributed by atoms with E-state index in [1.165, 1.54) is 25.5 Å². The molecule has 0 saturated carbocycles. The van der Waals surface area contributed by atoms with Crippen LogP contribution in [0.1, 0.15) is 41.0 Å². The molecule has 11 heteroatoms. The zero-order chi connectivity index (χ0) is 29.0. The predicted molar refractivity (Wildman–Crippen MR) is 146 cm³/mol. The molecule has 0 aliphatic heterocycles. The van der Waals surface area contributed by atoms with Crippen molar-refractivity contribution in [3.63, 3.8) is 0 Å². The van der Waals surface area contributed by atoms with E-state index >= 15 is 0 Å². The molecule has 0 radical (unpaired) electrons. The summed E-state index contributed by atoms with van der Waals surface area (Å²) >= 11 is 6.24. The smallest absolute Gasteiger partial charge is 0.332 e. The quantitative estimate of drug-likeness (QED) is 0.334. The van der Waals surface area contributed by atoms with E-state index in [1.54, 1.807) is 63.4 Å². The lowest BCUT2D eigenvalue weighted by Gasteiger charge is -2.21. The highest BCUT2D eigenvalue weighted by Gasteiger charge is 2.27. The lowest BCUT2D eigenvalue weighted by molar-refractivity contribution is -0.184. The van der Waals surface area contributed by atoms with E-state index in [9.17, 15) is 24.0 Å². The van der Waals surface area contributed by atoms with Crippen LogP contribution in [0.2, 0.25) is 5.02 Å². The van der Waals surface area contributed by atoms with Crippen LogP contribution >= 0.6 is 11.6 Å². The Morgan fingerprint density at radius 1 is 0.974 bits per heavy atom. The second-order valence-corrected chi connectivity index (χ2v) is 9.55. The number of hydrogen-bond donors (Lipinski definition) is 1. The van der Waals surface area contributed by atoms with Crippen LogP contribution in [0.25, 0.3) is 11.1 Å². The van der Waals surface area contributed by atoms with Crippen molar-refractivity contribution in [1.82, 2.24) is 14.5 Å². The first-order chi connectivity index (χ1) is 18.3. The Bertz CT molecular complexity index is 1520. The Morgan fingerprint density at radius 2 is 1.62 bits per heavy atom. The number of aromatic nitrogens is 2. The molecule has 2 atom stereocenters. The number of carbonyl (C=O) groups excluding carboxylic acids is 3. The zero-order valence-electron chi connectivity index (χ0n) is 22.5. The van der Waals surface area contributed by atoms with Gasteiger partial charge in [-0.2, -0.15) is 0 Å². The van der Waals surface area contributed by atoms with Crippen molar-refractivity contribution in [3.05, 3.63) is 90.7 Å². The fraction of sp³-hybridized carbons (Fsp3) is 0.321. The molecule has 39 heavy (non-hydrogen) atoms. The molecule has 10 nitrogen and oxygen atoms in total. The number of hydrogen-bond acceptors (Lipinski definition) is 7. The van der Waals surface area contributed by atoms with E-state index in [-0.39, 0.29) is 17.0 Å². The number of halogens is 1. The average Bonchev–Trinajstić information content (AvgIpc) is 2.86. The van der Waals surface area contributed by atoms with Gasteiger partial charge in [-0.1, -0.05) is 48.0 Å². The summed E-state index contributed by atoms with van der Waals surface area (Å²) in [4.78, 5) is 62.4. The molecule has 3 rings (SSSR count). The maximum Gasteiger partial charge on any atom is 0.332 e. The van der Waals surface area contributed by atoms with Crippen LogP contribution < -0.4 is 16.6 Å². The Hall–Kier alpha value is -4.18. The Labute approximate surface area is 230 Å². The van der Waals surface area contributed by atoms with Gasteiger partial charge in [-0.15, -0.1) is 0 Å². The lowest BCUT2D eigenvalue weighted by atomic mass is 10.00. The summed E-state index contributed by atoms with van der Waals surface area (Å²) < 4.78 is 12.6. The van der Waals surface area contributed by atoms with E-state index < -0.39 is 41.4 Å². The van der Waals surface area contributed by atoms with Crippen molar-refractivity contribution >= 4 is 29.4 Å². The highest BCUT2D eigenvalue weighted by atomic mass is 35.5. The topological polar surface area (TPSA) is 126 Å². The molecule has 0 aliphatic carbocycles. The second-order valence-electron chi connectivity index (χ2n) is 9.14. The largest absolute Gasteiger partial charge is 0.426 e. The van der Waals surface area contributed by atoms with E-state index in [0.717, 1.165) is 4.57 Å². The van der Waals surface area contributed by atoms with Gasteiger partial charge in [0.15, 0.2) is 0 Å². The third kappa shape index (κ3) is 6.64. The SMILES string of the molecule is CC(=O)OC(C)OC(=O)C(Cc1ccc(-c2c(C)n(C)c(=O)n(C)c2=O)cc1)NC(=O)c1c(C)cccc1Cl. The number of esters is 2. The molecule has 1 heterocycles. The fourth-order valence-electron chi connectivity index (χ4n) is 4.17. The van der Waals surface area contributed by atoms with Crippen molar-refractivity contribution in [3.8, 4) is 11.1 Å². The Balaban J connectivity index is 1.92. The summed E-state index contributed by atoms with van der Waals surface area (Å²) in [6.45, 7) is 5.99. The van der Waals surface area contributed by atoms with Crippen molar-refractivity contribution in [1.29, 1.82) is 0 Å². The van der Waals surface area contributed by atoms with Gasteiger partial charge in [0, 0.05) is 40.1 Å². The van der Waals surface area contributed by atoms with Crippen LogP contribution in [0.5, 0.6) is 0 Å². The molecule has 2 aromatic carbocycles. The maximum atomic E-state index is 13.1. The fourth-order valence-corrected chi connectivity index (χ4v) is 4.48. The average molecular weight is 556 g/mol. The Kier molecular flexibility index (Phi) is 9.13. The summed E-state index contributed by atoms with van der Waals surface area (Å²) in [5, 5.41) is 2.91. The number of nitrogens with one attached hydrogen (secondary N) is 1. The van der Waals surface area contributed by atoms with Crippen LogP contribution in [0.3, 0.4) is 0 Å². The van der Waals surface area contributed by atoms with Gasteiger partial charge in [0.05, 0.1) is 16.1 Å². The van der Waals surface area contributed by atoms with Gasteiger partial charge < -0.3 is 19.4 Å². The van der Waals surface area contributed by atoms with Crippen LogP contribution in [0.4, 0.5) is 0 Å². The first kappa shape index (κ1) is 29.4. The molecule has 1 amide bonds. The van der Waals surface area contributed by atoms with Gasteiger partial charge in [-0.05, 0) is 36.6 Å². The number of benzene rings is 2. The predicted octanol–water partition coefficient (Wildman–Crippen LogP) is 2.81. The third-order valence-electron chi connectivity index (χ3n) is 6.29. The molecule has 1 aromatic heterocycles. The molecule has 0 bridgehead atoms. The van der Waals surface area contributed by atoms with Crippen molar-refractivity contribution in [2.75, 3.05) is 0 Å². The van der Waals surface area contributed by atoms with E-state index in [4.69, 9.17) is 21.1 Å². The molecule has 206 valence electrons. The maximum absolute atomic E-state index is 13.1. The summed E-state index contributed by atoms with van der Waals surface area (Å²) in [6, 6.07) is 10.7. The van der Waals surface area contributed by atoms with E-state index in [2.05, 4.69) is 5.32 Å². The molecule has 1 N–H and O–H groups in total. The first-order valence-electron chi connectivity index (χ1n) is 12.1. The molecular weight excluding hydrogens is 526 g/mol. The van der Waals surface area contributed by atoms with Gasteiger partial charge in [0.1, 0.15) is 6.04 Å². The van der Waals surface area contributed by atoms with Crippen LogP contribution in [-0.4, -0.2) is 39.3 Å². The van der Waals surface area contributed by atoms with Crippen LogP contribution in [-0.2, 0) is 39.6 Å². The molecule has 0 fully saturated rings.